The third-order valence-electron chi connectivity index (χ3n) is 7.22. The minimum absolute atomic E-state index is 0.357. The van der Waals surface area contributed by atoms with E-state index in [-0.39, 0.29) is 5.82 Å². The molecular formula is C29H25FN8. The molecule has 1 aromatic carbocycles. The number of fused-ring (bicyclic) bond motifs is 2. The van der Waals surface area contributed by atoms with Crippen molar-refractivity contribution in [3.8, 4) is 33.8 Å². The normalized spacial score (nSPS) is 14.4. The number of likely N-dealkylation sites (tertiary alicyclic amines) is 1. The van der Waals surface area contributed by atoms with Gasteiger partial charge in [-0.3, -0.25) is 20.0 Å². The van der Waals surface area contributed by atoms with E-state index in [1.54, 1.807) is 30.9 Å². The van der Waals surface area contributed by atoms with Gasteiger partial charge in [0.1, 0.15) is 11.5 Å². The van der Waals surface area contributed by atoms with Gasteiger partial charge in [0.05, 0.1) is 16.4 Å². The summed E-state index contributed by atoms with van der Waals surface area (Å²) in [6.07, 6.45) is 12.6. The molecule has 8 nitrogen and oxygen atoms in total. The highest BCUT2D eigenvalue weighted by atomic mass is 19.1. The Morgan fingerprint density at radius 3 is 2.66 bits per heavy atom. The van der Waals surface area contributed by atoms with Crippen molar-refractivity contribution in [2.75, 3.05) is 13.1 Å². The molecule has 6 aromatic rings. The molecule has 0 spiro atoms. The fourth-order valence-corrected chi connectivity index (χ4v) is 5.35. The highest BCUT2D eigenvalue weighted by molar-refractivity contribution is 5.97. The summed E-state index contributed by atoms with van der Waals surface area (Å²) in [5.74, 6) is 0.0900. The lowest BCUT2D eigenvalue weighted by Gasteiger charge is -2.26. The Kier molecular flexibility index (Phi) is 5.62. The van der Waals surface area contributed by atoms with Crippen molar-refractivity contribution in [1.29, 1.82) is 0 Å². The van der Waals surface area contributed by atoms with Crippen LogP contribution in [-0.4, -0.2) is 53.1 Å². The van der Waals surface area contributed by atoms with Crippen LogP contribution in [-0.2, 0) is 6.54 Å². The van der Waals surface area contributed by atoms with E-state index in [2.05, 4.69) is 40.0 Å². The largest absolute Gasteiger partial charge is 0.335 e. The Labute approximate surface area is 218 Å². The number of rotatable bonds is 5. The number of H-pyrrole nitrogens is 2. The van der Waals surface area contributed by atoms with Crippen molar-refractivity contribution in [2.45, 2.75) is 25.8 Å². The fourth-order valence-electron chi connectivity index (χ4n) is 5.35. The molecule has 38 heavy (non-hydrogen) atoms. The summed E-state index contributed by atoms with van der Waals surface area (Å²) >= 11 is 0. The van der Waals surface area contributed by atoms with E-state index < -0.39 is 0 Å². The number of pyridine rings is 3. The highest BCUT2D eigenvalue weighted by Crippen LogP contribution is 2.35. The van der Waals surface area contributed by atoms with Crippen molar-refractivity contribution < 1.29 is 4.39 Å². The van der Waals surface area contributed by atoms with Gasteiger partial charge in [0.25, 0.3) is 0 Å². The van der Waals surface area contributed by atoms with Crippen LogP contribution in [0.1, 0.15) is 24.8 Å². The Morgan fingerprint density at radius 2 is 1.79 bits per heavy atom. The number of hydrogen-bond acceptors (Lipinski definition) is 6. The average Bonchev–Trinajstić information content (AvgIpc) is 3.59. The van der Waals surface area contributed by atoms with Crippen molar-refractivity contribution >= 4 is 22.1 Å². The number of halogens is 1. The van der Waals surface area contributed by atoms with Gasteiger partial charge in [-0.25, -0.2) is 14.4 Å². The van der Waals surface area contributed by atoms with Crippen LogP contribution in [0.5, 0.6) is 0 Å². The van der Waals surface area contributed by atoms with Gasteiger partial charge in [0, 0.05) is 59.8 Å². The van der Waals surface area contributed by atoms with Gasteiger partial charge in [0.15, 0.2) is 11.5 Å². The Morgan fingerprint density at radius 1 is 0.895 bits per heavy atom. The molecule has 7 rings (SSSR count). The molecule has 9 heteroatoms. The van der Waals surface area contributed by atoms with Crippen LogP contribution in [0.4, 0.5) is 4.39 Å². The van der Waals surface area contributed by atoms with Crippen LogP contribution in [0.15, 0.2) is 67.4 Å². The van der Waals surface area contributed by atoms with E-state index in [9.17, 15) is 0 Å². The molecule has 0 radical (unpaired) electrons. The van der Waals surface area contributed by atoms with E-state index in [1.165, 1.54) is 19.3 Å². The molecule has 1 aliphatic heterocycles. The summed E-state index contributed by atoms with van der Waals surface area (Å²) in [7, 11) is 0. The molecule has 0 atom stereocenters. The summed E-state index contributed by atoms with van der Waals surface area (Å²) in [5.41, 5.74) is 6.46. The van der Waals surface area contributed by atoms with Crippen molar-refractivity contribution in [1.82, 2.24) is 40.0 Å². The topological polar surface area (TPSA) is 99.3 Å². The third-order valence-corrected chi connectivity index (χ3v) is 7.22. The number of aromatic nitrogens is 7. The zero-order chi connectivity index (χ0) is 25.5. The van der Waals surface area contributed by atoms with Crippen molar-refractivity contribution in [3.63, 3.8) is 0 Å². The zero-order valence-electron chi connectivity index (χ0n) is 20.7. The third kappa shape index (κ3) is 4.01. The Bertz CT molecular complexity index is 1750. The first kappa shape index (κ1) is 22.7. The van der Waals surface area contributed by atoms with Crippen LogP contribution in [0.25, 0.3) is 55.8 Å². The molecular weight excluding hydrogens is 479 g/mol. The van der Waals surface area contributed by atoms with Crippen LogP contribution >= 0.6 is 0 Å². The monoisotopic (exact) mass is 504 g/mol. The first-order chi connectivity index (χ1) is 18.7. The first-order valence-electron chi connectivity index (χ1n) is 12.8. The summed E-state index contributed by atoms with van der Waals surface area (Å²) in [4.78, 5) is 23.5. The number of benzene rings is 1. The molecule has 1 fully saturated rings. The number of imidazole rings is 1. The molecule has 0 bridgehead atoms. The number of piperidine rings is 1. The maximum atomic E-state index is 16.2. The minimum Gasteiger partial charge on any atom is -0.335 e. The van der Waals surface area contributed by atoms with Crippen LogP contribution in [0, 0.1) is 5.82 Å². The standard InChI is InChI=1S/C29H25FN8/c30-25-21(20-13-18(14-32-16-20)17-38-11-2-1-3-12-38)6-7-23-24(25)27(37-36-23)29-34-26-22(8-10-33-28(26)35-29)19-5-4-9-31-15-19/h4-10,13-16H,1-3,11-12,17H2,(H,36,37)(H,33,34,35). The van der Waals surface area contributed by atoms with Gasteiger partial charge >= 0.3 is 0 Å². The lowest BCUT2D eigenvalue weighted by atomic mass is 10.0. The zero-order valence-corrected chi connectivity index (χ0v) is 20.7. The minimum atomic E-state index is -0.357. The van der Waals surface area contributed by atoms with Crippen LogP contribution in [0.3, 0.4) is 0 Å². The molecule has 2 N–H and O–H groups in total. The molecule has 0 aliphatic carbocycles. The average molecular weight is 505 g/mol. The molecule has 0 unspecified atom stereocenters. The Balaban J connectivity index is 1.29. The van der Waals surface area contributed by atoms with Crippen LogP contribution < -0.4 is 0 Å². The van der Waals surface area contributed by atoms with E-state index in [4.69, 9.17) is 0 Å². The van der Waals surface area contributed by atoms with E-state index in [1.807, 2.05) is 36.5 Å². The highest BCUT2D eigenvalue weighted by Gasteiger charge is 2.21. The van der Waals surface area contributed by atoms with Gasteiger partial charge in [-0.05, 0) is 61.8 Å². The van der Waals surface area contributed by atoms with E-state index in [0.717, 1.165) is 47.4 Å². The number of nitrogens with one attached hydrogen (secondary N) is 2. The second-order valence-corrected chi connectivity index (χ2v) is 9.72. The predicted molar refractivity (Wildman–Crippen MR) is 145 cm³/mol. The van der Waals surface area contributed by atoms with E-state index >= 15 is 4.39 Å². The van der Waals surface area contributed by atoms with Crippen molar-refractivity contribution in [2.24, 2.45) is 0 Å². The van der Waals surface area contributed by atoms with Crippen LogP contribution in [0.2, 0.25) is 0 Å². The fraction of sp³-hybridized carbons (Fsp3) is 0.207. The quantitative estimate of drug-likeness (QED) is 0.310. The van der Waals surface area contributed by atoms with Gasteiger partial charge in [-0.15, -0.1) is 0 Å². The van der Waals surface area contributed by atoms with Gasteiger partial charge < -0.3 is 4.98 Å². The smallest absolute Gasteiger partial charge is 0.178 e. The summed E-state index contributed by atoms with van der Waals surface area (Å²) < 4.78 is 16.2. The van der Waals surface area contributed by atoms with E-state index in [0.29, 0.717) is 33.6 Å². The van der Waals surface area contributed by atoms with Crippen molar-refractivity contribution in [3.05, 3.63) is 78.8 Å². The first-order valence-corrected chi connectivity index (χ1v) is 12.8. The lowest BCUT2D eigenvalue weighted by molar-refractivity contribution is 0.220. The molecule has 0 amide bonds. The predicted octanol–water partition coefficient (Wildman–Crippen LogP) is 5.75. The molecule has 1 saturated heterocycles. The summed E-state index contributed by atoms with van der Waals surface area (Å²) in [5, 5.41) is 7.77. The number of nitrogens with zero attached hydrogens (tertiary/aromatic N) is 6. The second-order valence-electron chi connectivity index (χ2n) is 9.72. The second kappa shape index (κ2) is 9.42. The lowest BCUT2D eigenvalue weighted by Crippen LogP contribution is -2.29. The SMILES string of the molecule is Fc1c(-c2cncc(CN3CCCCC3)c2)ccc2[nH]nc(-c3nc4nccc(-c5cccnc5)c4[nH]3)c12. The molecule has 0 saturated carbocycles. The molecule has 188 valence electrons. The molecule has 6 heterocycles. The van der Waals surface area contributed by atoms with Gasteiger partial charge in [-0.2, -0.15) is 5.10 Å². The summed E-state index contributed by atoms with van der Waals surface area (Å²) in [6.45, 7) is 3.02. The van der Waals surface area contributed by atoms with Gasteiger partial charge in [-0.1, -0.05) is 12.5 Å². The number of aromatic amines is 2. The maximum absolute atomic E-state index is 16.2. The molecule has 1 aliphatic rings. The maximum Gasteiger partial charge on any atom is 0.178 e. The Hall–Kier alpha value is -4.50. The number of hydrogen-bond donors (Lipinski definition) is 2. The van der Waals surface area contributed by atoms with Gasteiger partial charge in [0.2, 0.25) is 0 Å². The summed E-state index contributed by atoms with van der Waals surface area (Å²) in [6, 6.07) is 11.4. The molecule has 5 aromatic heterocycles.